The van der Waals surface area contributed by atoms with Gasteiger partial charge in [0, 0.05) is 18.8 Å². The second-order valence-electron chi connectivity index (χ2n) is 5.46. The zero-order valence-corrected chi connectivity index (χ0v) is 14.1. The Labute approximate surface area is 147 Å². The molecule has 0 amide bonds. The maximum Gasteiger partial charge on any atom is 0.573 e. The molecule has 3 rings (SSSR count). The van der Waals surface area contributed by atoms with E-state index in [0.29, 0.717) is 12.3 Å². The minimum absolute atomic E-state index is 0.116. The second-order valence-corrected chi connectivity index (χ2v) is 7.40. The summed E-state index contributed by atoms with van der Waals surface area (Å²) >= 11 is 0. The van der Waals surface area contributed by atoms with Gasteiger partial charge in [0.15, 0.2) is 0 Å². The van der Waals surface area contributed by atoms with Crippen LogP contribution in [0.25, 0.3) is 0 Å². The molecule has 0 unspecified atom stereocenters. The van der Waals surface area contributed by atoms with E-state index in [-0.39, 0.29) is 24.1 Å². The first-order valence-electron chi connectivity index (χ1n) is 7.53. The largest absolute Gasteiger partial charge is 0.573 e. The fourth-order valence-corrected chi connectivity index (χ4v) is 3.98. The van der Waals surface area contributed by atoms with Crippen LogP contribution in [0.4, 0.5) is 13.2 Å². The van der Waals surface area contributed by atoms with Gasteiger partial charge >= 0.3 is 6.36 Å². The molecular formula is C15H14F3N3O4S. The third-order valence-electron chi connectivity index (χ3n) is 3.65. The van der Waals surface area contributed by atoms with Crippen molar-refractivity contribution in [1.29, 1.82) is 0 Å². The lowest BCUT2D eigenvalue weighted by Gasteiger charge is -2.17. The van der Waals surface area contributed by atoms with E-state index in [2.05, 4.69) is 14.7 Å². The van der Waals surface area contributed by atoms with Gasteiger partial charge in [0.2, 0.25) is 15.9 Å². The van der Waals surface area contributed by atoms with Crippen LogP contribution in [0.15, 0.2) is 47.8 Å². The number of hydrogen-bond donors (Lipinski definition) is 0. The predicted molar refractivity (Wildman–Crippen MR) is 82.9 cm³/mol. The van der Waals surface area contributed by atoms with E-state index < -0.39 is 22.1 Å². The molecule has 140 valence electrons. The molecule has 1 saturated heterocycles. The fourth-order valence-electron chi connectivity index (χ4n) is 2.49. The second kappa shape index (κ2) is 7.08. The quantitative estimate of drug-likeness (QED) is 0.780. The van der Waals surface area contributed by atoms with Crippen LogP contribution in [0.3, 0.4) is 0 Å². The summed E-state index contributed by atoms with van der Waals surface area (Å²) in [6.07, 6.45) is -1.90. The maximum absolute atomic E-state index is 12.6. The van der Waals surface area contributed by atoms with E-state index >= 15 is 0 Å². The molecule has 1 atom stereocenters. The summed E-state index contributed by atoms with van der Waals surface area (Å²) in [6.45, 7) is 0.353. The van der Waals surface area contributed by atoms with Crippen molar-refractivity contribution in [3.63, 3.8) is 0 Å². The molecule has 2 heterocycles. The number of alkyl halides is 3. The summed E-state index contributed by atoms with van der Waals surface area (Å²) in [5.41, 5.74) is 0. The molecule has 0 radical (unpaired) electrons. The zero-order chi connectivity index (χ0) is 18.8. The van der Waals surface area contributed by atoms with Gasteiger partial charge in [0.25, 0.3) is 0 Å². The molecule has 0 N–H and O–H groups in total. The number of benzene rings is 1. The Hall–Kier alpha value is -2.40. The lowest BCUT2D eigenvalue weighted by molar-refractivity contribution is -0.274. The molecule has 0 bridgehead atoms. The first-order valence-corrected chi connectivity index (χ1v) is 8.97. The Balaban J connectivity index is 1.67. The van der Waals surface area contributed by atoms with Gasteiger partial charge < -0.3 is 9.47 Å². The molecule has 7 nitrogen and oxygen atoms in total. The SMILES string of the molecule is O=S(=O)(c1ccc(OC(F)(F)F)cc1)N1CC[C@H](Oc2ccncn2)C1. The van der Waals surface area contributed by atoms with Gasteiger partial charge in [-0.1, -0.05) is 0 Å². The van der Waals surface area contributed by atoms with E-state index in [4.69, 9.17) is 4.74 Å². The van der Waals surface area contributed by atoms with Gasteiger partial charge in [0.1, 0.15) is 18.2 Å². The molecule has 0 saturated carbocycles. The van der Waals surface area contributed by atoms with Crippen molar-refractivity contribution in [3.05, 3.63) is 42.9 Å². The van der Waals surface area contributed by atoms with E-state index in [1.54, 1.807) is 6.07 Å². The number of halogens is 3. The first kappa shape index (κ1) is 18.4. The number of nitrogens with zero attached hydrogens (tertiary/aromatic N) is 3. The first-order chi connectivity index (χ1) is 12.2. The van der Waals surface area contributed by atoms with Crippen molar-refractivity contribution < 1.29 is 31.1 Å². The number of sulfonamides is 1. The summed E-state index contributed by atoms with van der Waals surface area (Å²) in [6, 6.07) is 5.65. The lowest BCUT2D eigenvalue weighted by Crippen LogP contribution is -2.31. The lowest BCUT2D eigenvalue weighted by atomic mass is 10.3. The minimum atomic E-state index is -4.83. The summed E-state index contributed by atoms with van der Waals surface area (Å²) in [5.74, 6) is -0.138. The predicted octanol–water partition coefficient (Wildman–Crippen LogP) is 2.22. The highest BCUT2D eigenvalue weighted by molar-refractivity contribution is 7.89. The molecule has 1 aromatic carbocycles. The minimum Gasteiger partial charge on any atom is -0.473 e. The maximum atomic E-state index is 12.6. The molecule has 0 spiro atoms. The average Bonchev–Trinajstić information content (AvgIpc) is 3.04. The Bertz CT molecular complexity index is 845. The van der Waals surface area contributed by atoms with Gasteiger partial charge in [-0.2, -0.15) is 4.31 Å². The van der Waals surface area contributed by atoms with Crippen molar-refractivity contribution in [2.75, 3.05) is 13.1 Å². The third kappa shape index (κ3) is 4.41. The van der Waals surface area contributed by atoms with E-state index in [1.807, 2.05) is 0 Å². The van der Waals surface area contributed by atoms with Crippen molar-refractivity contribution in [1.82, 2.24) is 14.3 Å². The molecule has 1 aromatic heterocycles. The highest BCUT2D eigenvalue weighted by Gasteiger charge is 2.34. The van der Waals surface area contributed by atoms with Crippen LogP contribution in [-0.2, 0) is 10.0 Å². The highest BCUT2D eigenvalue weighted by atomic mass is 32.2. The van der Waals surface area contributed by atoms with Gasteiger partial charge in [-0.3, -0.25) is 0 Å². The van der Waals surface area contributed by atoms with Crippen molar-refractivity contribution >= 4 is 10.0 Å². The molecule has 1 aliphatic heterocycles. The monoisotopic (exact) mass is 389 g/mol. The van der Waals surface area contributed by atoms with Gasteiger partial charge in [-0.25, -0.2) is 18.4 Å². The van der Waals surface area contributed by atoms with E-state index in [0.717, 1.165) is 24.3 Å². The van der Waals surface area contributed by atoms with Crippen molar-refractivity contribution in [3.8, 4) is 11.6 Å². The number of rotatable bonds is 5. The summed E-state index contributed by atoms with van der Waals surface area (Å²) in [4.78, 5) is 7.57. The van der Waals surface area contributed by atoms with Crippen LogP contribution in [0.2, 0.25) is 0 Å². The number of ether oxygens (including phenoxy) is 2. The van der Waals surface area contributed by atoms with Crippen molar-refractivity contribution in [2.24, 2.45) is 0 Å². The standard InChI is InChI=1S/C15H14F3N3O4S/c16-15(17,18)25-11-1-3-13(4-2-11)26(22,23)21-8-6-12(9-21)24-14-5-7-19-10-20-14/h1-5,7,10,12H,6,8-9H2/t12-/m0/s1. The Morgan fingerprint density at radius 1 is 1.15 bits per heavy atom. The molecule has 2 aromatic rings. The summed E-state index contributed by atoms with van der Waals surface area (Å²) in [7, 11) is -3.84. The van der Waals surface area contributed by atoms with Crippen LogP contribution in [0.1, 0.15) is 6.42 Å². The topological polar surface area (TPSA) is 81.6 Å². The number of hydrogen-bond acceptors (Lipinski definition) is 6. The highest BCUT2D eigenvalue weighted by Crippen LogP contribution is 2.27. The van der Waals surface area contributed by atoms with E-state index in [9.17, 15) is 21.6 Å². The Morgan fingerprint density at radius 2 is 1.88 bits per heavy atom. The van der Waals surface area contributed by atoms with Crippen LogP contribution < -0.4 is 9.47 Å². The van der Waals surface area contributed by atoms with Crippen LogP contribution in [-0.4, -0.2) is 48.2 Å². The summed E-state index contributed by atoms with van der Waals surface area (Å²) < 4.78 is 72.3. The van der Waals surface area contributed by atoms with Crippen LogP contribution >= 0.6 is 0 Å². The normalized spacial score (nSPS) is 18.7. The third-order valence-corrected chi connectivity index (χ3v) is 5.52. The Morgan fingerprint density at radius 3 is 2.50 bits per heavy atom. The van der Waals surface area contributed by atoms with Gasteiger partial charge in [0.05, 0.1) is 11.4 Å². The average molecular weight is 389 g/mol. The van der Waals surface area contributed by atoms with Crippen LogP contribution in [0, 0.1) is 0 Å². The molecule has 26 heavy (non-hydrogen) atoms. The molecule has 11 heteroatoms. The molecule has 1 aliphatic rings. The zero-order valence-electron chi connectivity index (χ0n) is 13.3. The Kier molecular flexibility index (Phi) is 5.01. The molecule has 1 fully saturated rings. The summed E-state index contributed by atoms with van der Waals surface area (Å²) in [5, 5.41) is 0. The van der Waals surface area contributed by atoms with Gasteiger partial charge in [-0.15, -0.1) is 13.2 Å². The smallest absolute Gasteiger partial charge is 0.473 e. The number of aromatic nitrogens is 2. The molecule has 0 aliphatic carbocycles. The van der Waals surface area contributed by atoms with Crippen molar-refractivity contribution in [2.45, 2.75) is 23.8 Å². The van der Waals surface area contributed by atoms with Gasteiger partial charge in [-0.05, 0) is 30.7 Å². The fraction of sp³-hybridized carbons (Fsp3) is 0.333. The molecular weight excluding hydrogens is 375 g/mol. The van der Waals surface area contributed by atoms with E-state index in [1.165, 1.54) is 16.8 Å². The van der Waals surface area contributed by atoms with Crippen LogP contribution in [0.5, 0.6) is 11.6 Å².